The molecule has 7 heteroatoms. The minimum atomic E-state index is -3.56. The maximum absolute atomic E-state index is 13.0. The van der Waals surface area contributed by atoms with Crippen LogP contribution < -0.4 is 5.32 Å². The van der Waals surface area contributed by atoms with Crippen LogP contribution in [0.1, 0.15) is 4.88 Å². The number of thiophene rings is 1. The second-order valence-electron chi connectivity index (χ2n) is 5.15. The zero-order valence-corrected chi connectivity index (χ0v) is 14.5. The highest BCUT2D eigenvalue weighted by atomic mass is 32.2. The molecule has 0 saturated carbocycles. The Morgan fingerprint density at radius 2 is 2.00 bits per heavy atom. The van der Waals surface area contributed by atoms with E-state index in [-0.39, 0.29) is 0 Å². The Kier molecular flexibility index (Phi) is 4.34. The van der Waals surface area contributed by atoms with E-state index in [9.17, 15) is 8.42 Å². The molecule has 3 rings (SSSR count). The maximum Gasteiger partial charge on any atom is 0.216 e. The van der Waals surface area contributed by atoms with Crippen molar-refractivity contribution >= 4 is 21.2 Å². The Bertz CT molecular complexity index is 912. The highest BCUT2D eigenvalue weighted by Gasteiger charge is 2.26. The molecule has 0 radical (unpaired) electrons. The van der Waals surface area contributed by atoms with Crippen LogP contribution >= 0.6 is 11.3 Å². The van der Waals surface area contributed by atoms with Gasteiger partial charge in [-0.3, -0.25) is 0 Å². The lowest BCUT2D eigenvalue weighted by molar-refractivity contribution is 0.598. The molecule has 1 aromatic carbocycles. The standard InChI is InChI=1S/C16H17N3O2S2/c1-17-9-12-8-14(15-10-18-11-19(15)2)16(22-12)23(20,21)13-6-4-3-5-7-13/h3-8,10-11,17H,9H2,1-2H3. The highest BCUT2D eigenvalue weighted by molar-refractivity contribution is 7.93. The summed E-state index contributed by atoms with van der Waals surface area (Å²) in [6.07, 6.45) is 3.36. The van der Waals surface area contributed by atoms with Gasteiger partial charge in [0.15, 0.2) is 0 Å². The van der Waals surface area contributed by atoms with E-state index in [0.717, 1.165) is 10.6 Å². The summed E-state index contributed by atoms with van der Waals surface area (Å²) in [4.78, 5) is 5.38. The Hall–Kier alpha value is -1.96. The number of hydrogen-bond donors (Lipinski definition) is 1. The Labute approximate surface area is 139 Å². The van der Waals surface area contributed by atoms with Crippen molar-refractivity contribution in [2.45, 2.75) is 15.6 Å². The van der Waals surface area contributed by atoms with Crippen molar-refractivity contribution in [3.8, 4) is 11.3 Å². The van der Waals surface area contributed by atoms with Crippen molar-refractivity contribution in [2.24, 2.45) is 7.05 Å². The third kappa shape index (κ3) is 2.95. The molecule has 0 aliphatic heterocycles. The number of imidazole rings is 1. The summed E-state index contributed by atoms with van der Waals surface area (Å²) < 4.78 is 28.3. The number of rotatable bonds is 5. The fourth-order valence-electron chi connectivity index (χ4n) is 2.39. The molecule has 0 aliphatic rings. The lowest BCUT2D eigenvalue weighted by Gasteiger charge is -2.06. The van der Waals surface area contributed by atoms with E-state index in [1.807, 2.05) is 30.8 Å². The van der Waals surface area contributed by atoms with E-state index in [1.54, 1.807) is 36.8 Å². The van der Waals surface area contributed by atoms with Gasteiger partial charge in [-0.05, 0) is 25.2 Å². The molecule has 0 unspecified atom stereocenters. The predicted octanol–water partition coefficient (Wildman–Crippen LogP) is 2.70. The first kappa shape index (κ1) is 15.9. The van der Waals surface area contributed by atoms with Gasteiger partial charge in [-0.1, -0.05) is 18.2 Å². The van der Waals surface area contributed by atoms with Crippen LogP contribution in [0.15, 0.2) is 58.0 Å². The van der Waals surface area contributed by atoms with Gasteiger partial charge in [0.25, 0.3) is 0 Å². The second-order valence-corrected chi connectivity index (χ2v) is 8.43. The quantitative estimate of drug-likeness (QED) is 0.771. The molecule has 3 aromatic rings. The molecule has 5 nitrogen and oxygen atoms in total. The summed E-state index contributed by atoms with van der Waals surface area (Å²) in [6, 6.07) is 10.5. The molecule has 2 heterocycles. The normalized spacial score (nSPS) is 11.7. The van der Waals surface area contributed by atoms with Crippen LogP contribution in [0, 0.1) is 0 Å². The van der Waals surface area contributed by atoms with Gasteiger partial charge in [-0.25, -0.2) is 13.4 Å². The Balaban J connectivity index is 2.21. The number of benzene rings is 1. The summed E-state index contributed by atoms with van der Waals surface area (Å²) in [7, 11) is 0.140. The molecule has 0 fully saturated rings. The molecule has 0 spiro atoms. The summed E-state index contributed by atoms with van der Waals surface area (Å²) in [5.41, 5.74) is 1.49. The zero-order valence-electron chi connectivity index (χ0n) is 12.9. The molecule has 23 heavy (non-hydrogen) atoms. The average Bonchev–Trinajstić information content (AvgIpc) is 3.15. The molecule has 1 N–H and O–H groups in total. The van der Waals surface area contributed by atoms with Gasteiger partial charge >= 0.3 is 0 Å². The molecule has 0 aliphatic carbocycles. The molecular formula is C16H17N3O2S2. The lowest BCUT2D eigenvalue weighted by Crippen LogP contribution is -2.02. The van der Waals surface area contributed by atoms with Crippen molar-refractivity contribution in [3.05, 3.63) is 53.8 Å². The van der Waals surface area contributed by atoms with Crippen molar-refractivity contribution in [3.63, 3.8) is 0 Å². The van der Waals surface area contributed by atoms with Crippen LogP contribution in [-0.2, 0) is 23.4 Å². The van der Waals surface area contributed by atoms with Crippen LogP contribution in [0.4, 0.5) is 0 Å². The fourth-order valence-corrected chi connectivity index (χ4v) is 5.52. The molecular weight excluding hydrogens is 330 g/mol. The smallest absolute Gasteiger partial charge is 0.216 e. The molecule has 0 bridgehead atoms. The van der Waals surface area contributed by atoms with Crippen molar-refractivity contribution < 1.29 is 8.42 Å². The van der Waals surface area contributed by atoms with Crippen LogP contribution in [0.3, 0.4) is 0 Å². The number of nitrogens with one attached hydrogen (secondary N) is 1. The molecule has 2 aromatic heterocycles. The van der Waals surface area contributed by atoms with Gasteiger partial charge < -0.3 is 9.88 Å². The average molecular weight is 347 g/mol. The Morgan fingerprint density at radius 1 is 1.26 bits per heavy atom. The number of hydrogen-bond acceptors (Lipinski definition) is 5. The van der Waals surface area contributed by atoms with Gasteiger partial charge in [0.1, 0.15) is 4.21 Å². The van der Waals surface area contributed by atoms with Gasteiger partial charge in [0.05, 0.1) is 23.1 Å². The Morgan fingerprint density at radius 3 is 2.61 bits per heavy atom. The van der Waals surface area contributed by atoms with E-state index in [2.05, 4.69) is 10.3 Å². The largest absolute Gasteiger partial charge is 0.334 e. The molecule has 120 valence electrons. The van der Waals surface area contributed by atoms with E-state index in [4.69, 9.17) is 0 Å². The van der Waals surface area contributed by atoms with E-state index < -0.39 is 9.84 Å². The van der Waals surface area contributed by atoms with E-state index >= 15 is 0 Å². The van der Waals surface area contributed by atoms with Crippen molar-refractivity contribution in [1.29, 1.82) is 0 Å². The first-order valence-corrected chi connectivity index (χ1v) is 9.38. The topological polar surface area (TPSA) is 64.0 Å². The maximum atomic E-state index is 13.0. The van der Waals surface area contributed by atoms with Crippen LogP contribution in [0.5, 0.6) is 0 Å². The summed E-state index contributed by atoms with van der Waals surface area (Å²) in [6.45, 7) is 0.625. The van der Waals surface area contributed by atoms with Gasteiger partial charge in [0, 0.05) is 24.0 Å². The predicted molar refractivity (Wildman–Crippen MR) is 91.2 cm³/mol. The first-order chi connectivity index (χ1) is 11.0. The van der Waals surface area contributed by atoms with Crippen LogP contribution in [-0.4, -0.2) is 25.0 Å². The number of nitrogens with zero attached hydrogens (tertiary/aromatic N) is 2. The zero-order chi connectivity index (χ0) is 16.4. The third-order valence-corrected chi connectivity index (χ3v) is 6.93. The van der Waals surface area contributed by atoms with E-state index in [1.165, 1.54) is 11.3 Å². The highest BCUT2D eigenvalue weighted by Crippen LogP contribution is 2.38. The molecule has 0 amide bonds. The number of aryl methyl sites for hydroxylation is 1. The number of aromatic nitrogens is 2. The second kappa shape index (κ2) is 6.27. The SMILES string of the molecule is CNCc1cc(-c2cncn2C)c(S(=O)(=O)c2ccccc2)s1. The van der Waals surface area contributed by atoms with Crippen LogP contribution in [0.2, 0.25) is 0 Å². The van der Waals surface area contributed by atoms with Gasteiger partial charge in [-0.2, -0.15) is 0 Å². The monoisotopic (exact) mass is 347 g/mol. The van der Waals surface area contributed by atoms with Crippen molar-refractivity contribution in [1.82, 2.24) is 14.9 Å². The first-order valence-electron chi connectivity index (χ1n) is 7.08. The van der Waals surface area contributed by atoms with Crippen LogP contribution in [0.25, 0.3) is 11.3 Å². The lowest BCUT2D eigenvalue weighted by atomic mass is 10.2. The fraction of sp³-hybridized carbons (Fsp3) is 0.188. The molecule has 0 atom stereocenters. The summed E-state index contributed by atoms with van der Waals surface area (Å²) >= 11 is 1.30. The minimum absolute atomic E-state index is 0.307. The van der Waals surface area contributed by atoms with Gasteiger partial charge in [-0.15, -0.1) is 11.3 Å². The van der Waals surface area contributed by atoms with Crippen molar-refractivity contribution in [2.75, 3.05) is 7.05 Å². The molecule has 0 saturated heterocycles. The van der Waals surface area contributed by atoms with E-state index in [0.29, 0.717) is 21.2 Å². The third-order valence-electron chi connectivity index (χ3n) is 3.49. The summed E-state index contributed by atoms with van der Waals surface area (Å²) in [5.74, 6) is 0. The number of sulfone groups is 1. The van der Waals surface area contributed by atoms with Gasteiger partial charge in [0.2, 0.25) is 9.84 Å². The summed E-state index contributed by atoms with van der Waals surface area (Å²) in [5, 5.41) is 3.07. The minimum Gasteiger partial charge on any atom is -0.334 e.